The molecule has 0 spiro atoms. The minimum Gasteiger partial charge on any atom is -1.00 e. The molecule has 0 bridgehead atoms. The number of carbonyl (C=O) groups excluding carboxylic acids is 2. The van der Waals surface area contributed by atoms with E-state index in [0.29, 0.717) is 19.3 Å². The maximum absolute atomic E-state index is 13.2. The normalized spacial score (nSPS) is 48.8. The Kier molecular flexibility index (Phi) is 6.50. The largest absolute Gasteiger partial charge is 1.00 e. The zero-order chi connectivity index (χ0) is 22.2. The third-order valence-corrected chi connectivity index (χ3v) is 9.37. The summed E-state index contributed by atoms with van der Waals surface area (Å²) < 4.78 is 12.7. The second kappa shape index (κ2) is 8.40. The van der Waals surface area contributed by atoms with Crippen molar-refractivity contribution in [3.05, 3.63) is 23.8 Å². The molecule has 1 unspecified atom stereocenters. The number of hydrogen-bond acceptors (Lipinski definition) is 6. The van der Waals surface area contributed by atoms with Gasteiger partial charge in [-0.05, 0) is 56.1 Å². The van der Waals surface area contributed by atoms with Crippen LogP contribution in [0, 0.1) is 28.6 Å². The summed E-state index contributed by atoms with van der Waals surface area (Å²) in [7, 11) is 0. The molecule has 1 aliphatic heterocycles. The van der Waals surface area contributed by atoms with Gasteiger partial charge in [-0.1, -0.05) is 38.8 Å². The first-order valence-electron chi connectivity index (χ1n) is 11.8. The van der Waals surface area contributed by atoms with E-state index in [2.05, 4.69) is 20.8 Å². The Morgan fingerprint density at radius 3 is 2.78 bits per heavy atom. The first kappa shape index (κ1) is 24.8. The summed E-state index contributed by atoms with van der Waals surface area (Å²) in [6.07, 6.45) is 8.31. The van der Waals surface area contributed by atoms with E-state index >= 15 is 0 Å². The molecule has 4 aliphatic carbocycles. The summed E-state index contributed by atoms with van der Waals surface area (Å²) in [5, 5.41) is 21.4. The van der Waals surface area contributed by atoms with E-state index in [1.165, 1.54) is 0 Å². The fraction of sp³-hybridized carbons (Fsp3) is 0.760. The maximum atomic E-state index is 13.2. The van der Waals surface area contributed by atoms with E-state index in [4.69, 9.17) is 9.47 Å². The van der Waals surface area contributed by atoms with Gasteiger partial charge in [0.1, 0.15) is 6.61 Å². The van der Waals surface area contributed by atoms with Gasteiger partial charge in [-0.15, -0.1) is 0 Å². The molecule has 5 rings (SSSR count). The molecule has 0 aromatic heterocycles. The molecule has 172 valence electrons. The van der Waals surface area contributed by atoms with Crippen LogP contribution in [0.1, 0.15) is 60.7 Å². The van der Waals surface area contributed by atoms with Crippen molar-refractivity contribution in [2.75, 3.05) is 6.61 Å². The van der Waals surface area contributed by atoms with Crippen molar-refractivity contribution >= 4 is 11.6 Å². The summed E-state index contributed by atoms with van der Waals surface area (Å²) in [4.78, 5) is 25.2. The Bertz CT molecular complexity index is 875. The molecule has 0 radical (unpaired) electrons. The summed E-state index contributed by atoms with van der Waals surface area (Å²) in [5.74, 6) is 0.0274. The van der Waals surface area contributed by atoms with Gasteiger partial charge in [0.05, 0.1) is 12.2 Å². The van der Waals surface area contributed by atoms with Crippen LogP contribution < -0.4 is 29.6 Å². The number of aliphatic hydroxyl groups excluding tert-OH is 2. The summed E-state index contributed by atoms with van der Waals surface area (Å²) in [5.41, 5.74) is -1.05. The topological polar surface area (TPSA) is 93.1 Å². The first-order chi connectivity index (χ1) is 14.7. The van der Waals surface area contributed by atoms with E-state index in [0.717, 1.165) is 24.8 Å². The summed E-state index contributed by atoms with van der Waals surface area (Å²) >= 11 is 0. The van der Waals surface area contributed by atoms with Crippen molar-refractivity contribution < 1.29 is 60.3 Å². The van der Waals surface area contributed by atoms with Crippen molar-refractivity contribution in [2.45, 2.75) is 83.4 Å². The number of rotatable bonds is 4. The molecule has 1 heterocycles. The zero-order valence-electron chi connectivity index (χ0n) is 20.7. The van der Waals surface area contributed by atoms with Crippen molar-refractivity contribution in [1.29, 1.82) is 0 Å². The number of hydrogen-bond donors (Lipinski definition) is 2. The van der Waals surface area contributed by atoms with Crippen LogP contribution in [0.2, 0.25) is 0 Å². The smallest absolute Gasteiger partial charge is 1.00 e. The second-order valence-electron chi connectivity index (χ2n) is 10.7. The van der Waals surface area contributed by atoms with E-state index < -0.39 is 36.1 Å². The van der Waals surface area contributed by atoms with Crippen molar-refractivity contribution in [2.24, 2.45) is 28.6 Å². The van der Waals surface area contributed by atoms with Gasteiger partial charge in [0.2, 0.25) is 0 Å². The van der Waals surface area contributed by atoms with Crippen LogP contribution in [0.4, 0.5) is 0 Å². The molecule has 2 N–H and O–H groups in total. The van der Waals surface area contributed by atoms with Gasteiger partial charge < -0.3 is 21.1 Å². The van der Waals surface area contributed by atoms with Gasteiger partial charge in [0.25, 0.3) is 0 Å². The van der Waals surface area contributed by atoms with Crippen LogP contribution in [0.15, 0.2) is 23.8 Å². The van der Waals surface area contributed by atoms with Gasteiger partial charge in [-0.2, -0.15) is 0 Å². The molecule has 7 heteroatoms. The predicted molar refractivity (Wildman–Crippen MR) is 114 cm³/mol. The van der Waals surface area contributed by atoms with Crippen molar-refractivity contribution in [3.63, 3.8) is 0 Å². The standard InChI is InChI=1S/C25H34O6.Na.H/c1-4-5-21-30-20-11-17-16-7-6-14-10-15(27)8-9-23(14,2)22(16)18(28)12-24(17,3)25(20,31-21)19(29)13-26;;/h8-10,16-18,20-22,26,28H,4-7,11-13H2,1-3H3;;/q;+1;-1/t16-,17-,18-,20+,21?,22+,23-,24-,25+;;/m0../s1. The number of aliphatic hydroxyl groups is 2. The molecule has 9 atom stereocenters. The Balaban J connectivity index is 0.00000153. The number of Topliss-reactive ketones (excluding diaryl/α,β-unsaturated/α-hetero) is 1. The molecule has 32 heavy (non-hydrogen) atoms. The minimum absolute atomic E-state index is 0. The number of ketones is 2. The van der Waals surface area contributed by atoms with Gasteiger partial charge in [-0.25, -0.2) is 0 Å². The molecule has 0 amide bonds. The molecular formula is C25H35NaO6. The third-order valence-electron chi connectivity index (χ3n) is 9.37. The number of ether oxygens (including phenoxy) is 2. The van der Waals surface area contributed by atoms with Crippen LogP contribution in [0.25, 0.3) is 0 Å². The molecule has 4 fully saturated rings. The second-order valence-corrected chi connectivity index (χ2v) is 10.7. The maximum Gasteiger partial charge on any atom is 1.00 e. The minimum atomic E-state index is -1.20. The van der Waals surface area contributed by atoms with E-state index in [-0.39, 0.29) is 65.7 Å². The average Bonchev–Trinajstić information content (AvgIpc) is 3.20. The van der Waals surface area contributed by atoms with Crippen LogP contribution in [-0.4, -0.2) is 52.5 Å². The molecule has 5 aliphatic rings. The molecule has 3 saturated carbocycles. The molecule has 6 nitrogen and oxygen atoms in total. The molecule has 1 saturated heterocycles. The number of fused-ring (bicyclic) bond motifs is 7. The summed E-state index contributed by atoms with van der Waals surface area (Å²) in [6, 6.07) is 0. The van der Waals surface area contributed by atoms with Crippen LogP contribution >= 0.6 is 0 Å². The van der Waals surface area contributed by atoms with Crippen LogP contribution in [0.5, 0.6) is 0 Å². The summed E-state index contributed by atoms with van der Waals surface area (Å²) in [6.45, 7) is 5.67. The monoisotopic (exact) mass is 454 g/mol. The average molecular weight is 455 g/mol. The van der Waals surface area contributed by atoms with E-state index in [1.54, 1.807) is 12.2 Å². The first-order valence-corrected chi connectivity index (χ1v) is 11.8. The zero-order valence-corrected chi connectivity index (χ0v) is 21.7. The Morgan fingerprint density at radius 2 is 2.09 bits per heavy atom. The number of carbonyl (C=O) groups is 2. The van der Waals surface area contributed by atoms with Crippen molar-refractivity contribution in [3.8, 4) is 0 Å². The fourth-order valence-electron chi connectivity index (χ4n) is 8.12. The van der Waals surface area contributed by atoms with Crippen molar-refractivity contribution in [1.82, 2.24) is 0 Å². The van der Waals surface area contributed by atoms with E-state index in [9.17, 15) is 19.8 Å². The Hall–Kier alpha value is -0.340. The quantitative estimate of drug-likeness (QED) is 0.574. The predicted octanol–water partition coefficient (Wildman–Crippen LogP) is -0.167. The van der Waals surface area contributed by atoms with E-state index in [1.807, 2.05) is 6.08 Å². The molecule has 0 aromatic rings. The fourth-order valence-corrected chi connectivity index (χ4v) is 8.12. The third kappa shape index (κ3) is 3.10. The molecule has 0 aromatic carbocycles. The van der Waals surface area contributed by atoms with Gasteiger partial charge in [0, 0.05) is 16.7 Å². The number of allylic oxidation sites excluding steroid dienone is 4. The van der Waals surface area contributed by atoms with Crippen LogP contribution in [-0.2, 0) is 19.1 Å². The Morgan fingerprint density at radius 1 is 1.34 bits per heavy atom. The van der Waals surface area contributed by atoms with Gasteiger partial charge in [-0.3, -0.25) is 9.59 Å². The Labute approximate surface area is 213 Å². The van der Waals surface area contributed by atoms with Gasteiger partial charge in [0.15, 0.2) is 23.5 Å². The van der Waals surface area contributed by atoms with Gasteiger partial charge >= 0.3 is 29.6 Å². The molecular weight excluding hydrogens is 419 g/mol. The van der Waals surface area contributed by atoms with Crippen LogP contribution in [0.3, 0.4) is 0 Å². The SMILES string of the molecule is CCCC1O[C@@H]2C[C@H]3[C@@H]4CCC5=CC(=O)C=C[C@]5(C)[C@H]4[C@@H](O)C[C@]3(C)[C@]2(C(=O)CO)O1.[H-].[Na+].